The quantitative estimate of drug-likeness (QED) is 0.837. The summed E-state index contributed by atoms with van der Waals surface area (Å²) in [5.41, 5.74) is 7.70. The van der Waals surface area contributed by atoms with Crippen LogP contribution in [0.2, 0.25) is 0 Å². The number of nitrogens with zero attached hydrogens (tertiary/aromatic N) is 1. The third kappa shape index (κ3) is 3.81. The lowest BCUT2D eigenvalue weighted by Crippen LogP contribution is -2.49. The minimum absolute atomic E-state index is 0.0644. The van der Waals surface area contributed by atoms with Gasteiger partial charge in [-0.3, -0.25) is 4.90 Å². The molecule has 1 heterocycles. The first-order chi connectivity index (χ1) is 9.61. The van der Waals surface area contributed by atoms with Gasteiger partial charge in [-0.1, -0.05) is 44.2 Å². The first kappa shape index (κ1) is 15.5. The maximum absolute atomic E-state index is 9.70. The van der Waals surface area contributed by atoms with E-state index < -0.39 is 0 Å². The van der Waals surface area contributed by atoms with Crippen LogP contribution in [-0.2, 0) is 0 Å². The molecule has 1 aliphatic rings. The van der Waals surface area contributed by atoms with Crippen molar-refractivity contribution >= 4 is 0 Å². The van der Waals surface area contributed by atoms with Gasteiger partial charge in [-0.2, -0.15) is 0 Å². The molecule has 1 aromatic carbocycles. The largest absolute Gasteiger partial charge is 0.395 e. The van der Waals surface area contributed by atoms with E-state index >= 15 is 0 Å². The average Bonchev–Trinajstić information content (AvgIpc) is 2.89. The number of likely N-dealkylation sites (tertiary alicyclic amines) is 1. The Morgan fingerprint density at radius 3 is 2.60 bits per heavy atom. The van der Waals surface area contributed by atoms with Crippen LogP contribution in [0.4, 0.5) is 0 Å². The highest BCUT2D eigenvalue weighted by Crippen LogP contribution is 2.29. The summed E-state index contributed by atoms with van der Waals surface area (Å²) in [6, 6.07) is 10.8. The molecule has 1 fully saturated rings. The summed E-state index contributed by atoms with van der Waals surface area (Å²) in [6.45, 7) is 6.59. The zero-order valence-electron chi connectivity index (χ0n) is 12.7. The van der Waals surface area contributed by atoms with Crippen LogP contribution in [-0.4, -0.2) is 41.8 Å². The van der Waals surface area contributed by atoms with Gasteiger partial charge in [0.15, 0.2) is 0 Å². The minimum atomic E-state index is 0.0644. The van der Waals surface area contributed by atoms with Crippen molar-refractivity contribution in [1.29, 1.82) is 0 Å². The van der Waals surface area contributed by atoms with Gasteiger partial charge in [0.25, 0.3) is 0 Å². The SMILES string of the molecule is CC(C)CC(N)C(CO)N1CCC(c2ccccc2)C1. The molecule has 3 heteroatoms. The summed E-state index contributed by atoms with van der Waals surface area (Å²) in [5, 5.41) is 9.70. The normalized spacial score (nSPS) is 23.1. The van der Waals surface area contributed by atoms with E-state index in [1.54, 1.807) is 0 Å². The Morgan fingerprint density at radius 2 is 2.00 bits per heavy atom. The number of hydrogen-bond acceptors (Lipinski definition) is 3. The van der Waals surface area contributed by atoms with Gasteiger partial charge in [-0.15, -0.1) is 0 Å². The van der Waals surface area contributed by atoms with Gasteiger partial charge in [0.05, 0.1) is 6.61 Å². The number of aliphatic hydroxyl groups excluding tert-OH is 1. The van der Waals surface area contributed by atoms with Crippen LogP contribution in [0.5, 0.6) is 0 Å². The topological polar surface area (TPSA) is 49.5 Å². The third-order valence-electron chi connectivity index (χ3n) is 4.38. The maximum Gasteiger partial charge on any atom is 0.0601 e. The molecule has 0 bridgehead atoms. The molecule has 2 rings (SSSR count). The van der Waals surface area contributed by atoms with Gasteiger partial charge >= 0.3 is 0 Å². The second kappa shape index (κ2) is 7.21. The molecule has 0 radical (unpaired) electrons. The van der Waals surface area contributed by atoms with E-state index in [2.05, 4.69) is 49.1 Å². The molecule has 3 nitrogen and oxygen atoms in total. The highest BCUT2D eigenvalue weighted by atomic mass is 16.3. The Kier molecular flexibility index (Phi) is 5.58. The van der Waals surface area contributed by atoms with Crippen LogP contribution < -0.4 is 5.73 Å². The van der Waals surface area contributed by atoms with Crippen molar-refractivity contribution in [3.8, 4) is 0 Å². The Morgan fingerprint density at radius 1 is 1.30 bits per heavy atom. The number of rotatable bonds is 6. The van der Waals surface area contributed by atoms with E-state index in [-0.39, 0.29) is 18.7 Å². The van der Waals surface area contributed by atoms with Gasteiger partial charge < -0.3 is 10.8 Å². The summed E-state index contributed by atoms with van der Waals surface area (Å²) >= 11 is 0. The predicted octanol–water partition coefficient (Wildman–Crippen LogP) is 2.21. The molecular formula is C17H28N2O. The fourth-order valence-corrected chi connectivity index (χ4v) is 3.31. The molecule has 3 unspecified atom stereocenters. The highest BCUT2D eigenvalue weighted by Gasteiger charge is 2.31. The van der Waals surface area contributed by atoms with Crippen molar-refractivity contribution < 1.29 is 5.11 Å². The zero-order chi connectivity index (χ0) is 14.5. The molecule has 1 saturated heterocycles. The molecule has 1 aromatic rings. The van der Waals surface area contributed by atoms with Crippen molar-refractivity contribution in [2.24, 2.45) is 11.7 Å². The lowest BCUT2D eigenvalue weighted by molar-refractivity contribution is 0.117. The molecule has 112 valence electrons. The van der Waals surface area contributed by atoms with Gasteiger partial charge in [-0.25, -0.2) is 0 Å². The summed E-state index contributed by atoms with van der Waals surface area (Å²) in [5.74, 6) is 1.16. The highest BCUT2D eigenvalue weighted by molar-refractivity contribution is 5.21. The Labute approximate surface area is 122 Å². The van der Waals surface area contributed by atoms with Gasteiger partial charge in [0, 0.05) is 18.6 Å². The number of nitrogens with two attached hydrogens (primary N) is 1. The molecule has 0 saturated carbocycles. The van der Waals surface area contributed by atoms with Crippen molar-refractivity contribution in [3.05, 3.63) is 35.9 Å². The second-order valence-electron chi connectivity index (χ2n) is 6.43. The van der Waals surface area contributed by atoms with E-state index in [1.807, 2.05) is 0 Å². The Balaban J connectivity index is 1.96. The molecular weight excluding hydrogens is 248 g/mol. The molecule has 0 amide bonds. The Hall–Kier alpha value is -0.900. The monoisotopic (exact) mass is 276 g/mol. The van der Waals surface area contributed by atoms with Crippen molar-refractivity contribution in [3.63, 3.8) is 0 Å². The van der Waals surface area contributed by atoms with Crippen molar-refractivity contribution in [2.45, 2.75) is 44.7 Å². The average molecular weight is 276 g/mol. The van der Waals surface area contributed by atoms with Crippen molar-refractivity contribution in [2.75, 3.05) is 19.7 Å². The first-order valence-corrected chi connectivity index (χ1v) is 7.77. The summed E-state index contributed by atoms with van der Waals surface area (Å²) < 4.78 is 0. The van der Waals surface area contributed by atoms with Crippen LogP contribution in [0.1, 0.15) is 38.2 Å². The summed E-state index contributed by atoms with van der Waals surface area (Å²) in [7, 11) is 0. The van der Waals surface area contributed by atoms with Crippen LogP contribution in [0, 0.1) is 5.92 Å². The predicted molar refractivity (Wildman–Crippen MR) is 83.7 cm³/mol. The van der Waals surface area contributed by atoms with Gasteiger partial charge in [-0.05, 0) is 36.8 Å². The Bertz CT molecular complexity index is 393. The fourth-order valence-electron chi connectivity index (χ4n) is 3.31. The van der Waals surface area contributed by atoms with Crippen LogP contribution in [0.15, 0.2) is 30.3 Å². The lowest BCUT2D eigenvalue weighted by Gasteiger charge is -2.32. The molecule has 0 aromatic heterocycles. The molecule has 0 spiro atoms. The van der Waals surface area contributed by atoms with Gasteiger partial charge in [0.1, 0.15) is 0 Å². The second-order valence-corrected chi connectivity index (χ2v) is 6.43. The van der Waals surface area contributed by atoms with E-state index in [0.29, 0.717) is 11.8 Å². The number of hydrogen-bond donors (Lipinski definition) is 2. The standard InChI is InChI=1S/C17H28N2O/c1-13(2)10-16(18)17(12-20)19-9-8-15(11-19)14-6-4-3-5-7-14/h3-7,13,15-17,20H,8-12,18H2,1-2H3. The van der Waals surface area contributed by atoms with Crippen LogP contribution in [0.25, 0.3) is 0 Å². The van der Waals surface area contributed by atoms with Crippen LogP contribution in [0.3, 0.4) is 0 Å². The zero-order valence-corrected chi connectivity index (χ0v) is 12.7. The first-order valence-electron chi connectivity index (χ1n) is 7.77. The fraction of sp³-hybridized carbons (Fsp3) is 0.647. The van der Waals surface area contributed by atoms with Gasteiger partial charge in [0.2, 0.25) is 0 Å². The summed E-state index contributed by atoms with van der Waals surface area (Å²) in [4.78, 5) is 2.38. The smallest absolute Gasteiger partial charge is 0.0601 e. The molecule has 20 heavy (non-hydrogen) atoms. The molecule has 0 aliphatic carbocycles. The maximum atomic E-state index is 9.70. The number of benzene rings is 1. The van der Waals surface area contributed by atoms with E-state index in [9.17, 15) is 5.11 Å². The molecule has 3 N–H and O–H groups in total. The van der Waals surface area contributed by atoms with Crippen molar-refractivity contribution in [1.82, 2.24) is 4.90 Å². The molecule has 1 aliphatic heterocycles. The number of aliphatic hydroxyl groups is 1. The lowest BCUT2D eigenvalue weighted by atomic mass is 9.97. The van der Waals surface area contributed by atoms with E-state index in [1.165, 1.54) is 5.56 Å². The van der Waals surface area contributed by atoms with E-state index in [0.717, 1.165) is 25.9 Å². The summed E-state index contributed by atoms with van der Waals surface area (Å²) in [6.07, 6.45) is 2.13. The third-order valence-corrected chi connectivity index (χ3v) is 4.38. The van der Waals surface area contributed by atoms with Crippen LogP contribution >= 0.6 is 0 Å². The minimum Gasteiger partial charge on any atom is -0.395 e. The van der Waals surface area contributed by atoms with E-state index in [4.69, 9.17) is 5.73 Å². The molecule has 3 atom stereocenters.